The Hall–Kier alpha value is -0.0800. The van der Waals surface area contributed by atoms with Gasteiger partial charge >= 0.3 is 0 Å². The monoisotopic (exact) mass is 78.1 g/mol. The molecule has 0 saturated carbocycles. The minimum Gasteiger partial charge on any atom is -0.633 e. The number of nitrogens with zero attached hydrogens (tertiary/aromatic N) is 1. The van der Waals surface area contributed by atoms with Crippen LogP contribution in [0.4, 0.5) is 0 Å². The van der Waals surface area contributed by atoms with Crippen molar-refractivity contribution in [1.82, 2.24) is 0 Å². The van der Waals surface area contributed by atoms with Gasteiger partial charge in [-0.3, -0.25) is 0 Å². The van der Waals surface area contributed by atoms with Crippen LogP contribution in [0.3, 0.4) is 0 Å². The third kappa shape index (κ3) is 2260. The quantitative estimate of drug-likeness (QED) is 0.230. The zero-order chi connectivity index (χ0) is 4.50. The molecule has 0 unspecified atom stereocenters. The second-order valence-corrected chi connectivity index (χ2v) is 1.89. The van der Waals surface area contributed by atoms with Crippen molar-refractivity contribution < 1.29 is 4.65 Å². The average Bonchev–Trinajstić information content (AvgIpc) is 0.722. The van der Waals surface area contributed by atoms with Crippen molar-refractivity contribution in [1.29, 1.82) is 0 Å². The summed E-state index contributed by atoms with van der Waals surface area (Å²) >= 11 is 0. The summed E-state index contributed by atoms with van der Waals surface area (Å²) in [5, 5.41) is 10.0. The van der Waals surface area contributed by atoms with E-state index < -0.39 is 0 Å². The smallest absolute Gasteiger partial charge is 0.0674 e. The van der Waals surface area contributed by atoms with Crippen LogP contribution in [0.15, 0.2) is 0 Å². The largest absolute Gasteiger partial charge is 0.633 e. The van der Waals surface area contributed by atoms with Gasteiger partial charge in [0.15, 0.2) is 0 Å². The fourth-order valence-corrected chi connectivity index (χ4v) is 0. The van der Waals surface area contributed by atoms with Crippen LogP contribution < -0.4 is 0 Å². The summed E-state index contributed by atoms with van der Waals surface area (Å²) in [5.41, 5.74) is 0. The fraction of sp³-hybridized carbons (Fsp3) is 1.00. The van der Waals surface area contributed by atoms with Crippen LogP contribution in [0, 0.1) is 5.21 Å². The lowest BCUT2D eigenvalue weighted by Gasteiger charge is -2.27. The van der Waals surface area contributed by atoms with Gasteiger partial charge in [0.1, 0.15) is 0 Å². The van der Waals surface area contributed by atoms with Crippen molar-refractivity contribution in [2.45, 2.75) is 0 Å². The summed E-state index contributed by atoms with van der Waals surface area (Å²) in [6, 6.07) is 0. The van der Waals surface area contributed by atoms with Crippen molar-refractivity contribution in [3.05, 3.63) is 5.21 Å². The van der Waals surface area contributed by atoms with Crippen LogP contribution in [-0.4, -0.2) is 25.8 Å². The third-order valence-electron chi connectivity index (χ3n) is 0. The zero-order valence-corrected chi connectivity index (χ0v) is 3.86. The van der Waals surface area contributed by atoms with E-state index in [1.165, 1.54) is 0 Å². The van der Waals surface area contributed by atoms with Gasteiger partial charge in [-0.1, -0.05) is 0 Å². The van der Waals surface area contributed by atoms with Gasteiger partial charge in [-0.05, 0) is 0 Å². The zero-order valence-electron chi connectivity index (χ0n) is 3.86. The molecule has 0 spiro atoms. The highest BCUT2D eigenvalue weighted by atomic mass is 16.6. The van der Waals surface area contributed by atoms with Crippen LogP contribution in [0.5, 0.6) is 0 Å². The summed E-state index contributed by atoms with van der Waals surface area (Å²) in [6.07, 6.45) is 0. The fourth-order valence-electron chi connectivity index (χ4n) is 0. The van der Waals surface area contributed by atoms with E-state index in [4.69, 9.17) is 0 Å². The molecular weight excluding hydrogens is 69.0 g/mol. The molecule has 0 aliphatic rings. The molecule has 0 aromatic heterocycles. The average molecular weight is 78.1 g/mol. The van der Waals surface area contributed by atoms with Crippen LogP contribution in [0.1, 0.15) is 0 Å². The van der Waals surface area contributed by atoms with E-state index in [0.717, 1.165) is 0 Å². The van der Waals surface area contributed by atoms with Crippen LogP contribution in [0.2, 0.25) is 0 Å². The van der Waals surface area contributed by atoms with E-state index in [-0.39, 0.29) is 4.65 Å². The Labute approximate surface area is 32.2 Å². The lowest BCUT2D eigenvalue weighted by Crippen LogP contribution is -2.25. The van der Waals surface area contributed by atoms with Crippen LogP contribution in [0.25, 0.3) is 0 Å². The maximum atomic E-state index is 10.0. The first-order chi connectivity index (χ1) is 2.00. The van der Waals surface area contributed by atoms with Gasteiger partial charge in [-0.25, -0.2) is 0 Å². The molecule has 0 aliphatic heterocycles. The SMILES string of the molecule is [13CH3][N+]([13CH3])([13CH3])[O-]. The van der Waals surface area contributed by atoms with Gasteiger partial charge in [-0.2, -0.15) is 0 Å². The summed E-state index contributed by atoms with van der Waals surface area (Å²) < 4.78 is -0.250. The normalized spacial score (nSPS) is 12.0. The lowest BCUT2D eigenvalue weighted by molar-refractivity contribution is -0.818. The van der Waals surface area contributed by atoms with E-state index >= 15 is 0 Å². The van der Waals surface area contributed by atoms with Crippen LogP contribution in [-0.2, 0) is 0 Å². The Bertz CT molecular complexity index is 22.4. The van der Waals surface area contributed by atoms with Crippen molar-refractivity contribution in [2.24, 2.45) is 0 Å². The van der Waals surface area contributed by atoms with Gasteiger partial charge in [-0.15, -0.1) is 0 Å². The van der Waals surface area contributed by atoms with E-state index in [1.807, 2.05) is 0 Å². The Morgan fingerprint density at radius 3 is 1.20 bits per heavy atom. The maximum absolute atomic E-state index is 10.0. The van der Waals surface area contributed by atoms with Gasteiger partial charge in [0.25, 0.3) is 0 Å². The predicted molar refractivity (Wildman–Crippen MR) is 21.4 cm³/mol. The van der Waals surface area contributed by atoms with E-state index in [0.29, 0.717) is 0 Å². The summed E-state index contributed by atoms with van der Waals surface area (Å²) in [5.74, 6) is 0. The molecule has 0 saturated heterocycles. The highest BCUT2D eigenvalue weighted by Gasteiger charge is 1.79. The molecule has 2 nitrogen and oxygen atoms in total. The summed E-state index contributed by atoms with van der Waals surface area (Å²) in [7, 11) is 4.71. The molecule has 0 amide bonds. The van der Waals surface area contributed by atoms with Gasteiger partial charge in [0, 0.05) is 0 Å². The molecular formula is C3H9NO. The molecule has 0 heterocycles. The first-order valence-corrected chi connectivity index (χ1v) is 1.52. The molecule has 0 fully saturated rings. The molecule has 32 valence electrons. The van der Waals surface area contributed by atoms with Crippen molar-refractivity contribution in [3.8, 4) is 0 Å². The topological polar surface area (TPSA) is 23.1 Å². The molecule has 0 rings (SSSR count). The first-order valence-electron chi connectivity index (χ1n) is 1.52. The molecule has 0 N–H and O–H groups in total. The van der Waals surface area contributed by atoms with Crippen molar-refractivity contribution >= 4 is 0 Å². The molecule has 2 heteroatoms. The Morgan fingerprint density at radius 1 is 1.20 bits per heavy atom. The molecule has 0 aromatic rings. The minimum absolute atomic E-state index is 0.250. The highest BCUT2D eigenvalue weighted by molar-refractivity contribution is 4.05. The van der Waals surface area contributed by atoms with Gasteiger partial charge < -0.3 is 9.85 Å². The van der Waals surface area contributed by atoms with E-state index in [1.54, 1.807) is 21.1 Å². The molecule has 0 radical (unpaired) electrons. The molecule has 5 heavy (non-hydrogen) atoms. The number of quaternary nitrogens is 1. The second kappa shape index (κ2) is 0.954. The molecule has 0 aromatic carbocycles. The third-order valence-corrected chi connectivity index (χ3v) is 0. The second-order valence-electron chi connectivity index (χ2n) is 1.89. The number of hydroxylamine groups is 3. The Morgan fingerprint density at radius 2 is 1.20 bits per heavy atom. The minimum atomic E-state index is -0.250. The van der Waals surface area contributed by atoms with Gasteiger partial charge in [0.2, 0.25) is 0 Å². The van der Waals surface area contributed by atoms with E-state index in [9.17, 15) is 5.21 Å². The number of hydrogen-bond donors (Lipinski definition) is 0. The highest BCUT2D eigenvalue weighted by Crippen LogP contribution is 1.77. The first kappa shape index (κ1) is 4.92. The molecule has 0 aliphatic carbocycles. The number of rotatable bonds is 0. The molecule has 0 atom stereocenters. The maximum Gasteiger partial charge on any atom is 0.0674 e. The summed E-state index contributed by atoms with van der Waals surface area (Å²) in [4.78, 5) is 0. The Balaban J connectivity index is 3.02. The van der Waals surface area contributed by atoms with Crippen molar-refractivity contribution in [2.75, 3.05) is 21.1 Å². The standard InChI is InChI=1S/C3H9NO/c1-4(2,3)5/h1-3H3/i1+1,2+1,3+1. The lowest BCUT2D eigenvalue weighted by atomic mass is 11.6. The molecule has 0 bridgehead atoms. The van der Waals surface area contributed by atoms with Gasteiger partial charge in [0.05, 0.1) is 21.1 Å². The van der Waals surface area contributed by atoms with E-state index in [2.05, 4.69) is 0 Å². The summed E-state index contributed by atoms with van der Waals surface area (Å²) in [6.45, 7) is 0. The van der Waals surface area contributed by atoms with Crippen LogP contribution >= 0.6 is 0 Å². The Kier molecular flexibility index (Phi) is 0.938. The van der Waals surface area contributed by atoms with Crippen molar-refractivity contribution in [3.63, 3.8) is 0 Å². The predicted octanol–water partition coefficient (Wildman–Crippen LogP) is 0.190. The number of hydrogen-bond acceptors (Lipinski definition) is 1.